The summed E-state index contributed by atoms with van der Waals surface area (Å²) in [6.07, 6.45) is 0. The molecule has 1 rings (SSSR count). The van der Waals surface area contributed by atoms with Crippen LogP contribution in [0.3, 0.4) is 0 Å². The summed E-state index contributed by atoms with van der Waals surface area (Å²) in [7, 11) is 0. The third kappa shape index (κ3) is 2.44. The Morgan fingerprint density at radius 2 is 2.08 bits per heavy atom. The van der Waals surface area contributed by atoms with Crippen molar-refractivity contribution in [2.24, 2.45) is 0 Å². The number of carbonyl (C=O) groups is 1. The number of hydrogen-bond donors (Lipinski definition) is 2. The zero-order valence-corrected chi connectivity index (χ0v) is 6.78. The number of carboxylic acid groups (broad SMARTS) is 1. The SMILES string of the molecule is Cl.O=C(O)c1ccc(CO)nn1. The topological polar surface area (TPSA) is 83.3 Å². The van der Waals surface area contributed by atoms with E-state index in [4.69, 9.17) is 10.2 Å². The highest BCUT2D eigenvalue weighted by molar-refractivity contribution is 5.85. The van der Waals surface area contributed by atoms with Crippen LogP contribution in [-0.2, 0) is 6.61 Å². The minimum absolute atomic E-state index is 0. The van der Waals surface area contributed by atoms with Gasteiger partial charge in [0.25, 0.3) is 0 Å². The number of aliphatic hydroxyl groups excluding tert-OH is 1. The van der Waals surface area contributed by atoms with Gasteiger partial charge >= 0.3 is 5.97 Å². The quantitative estimate of drug-likeness (QED) is 0.691. The first-order chi connectivity index (χ1) is 5.24. The van der Waals surface area contributed by atoms with Crippen molar-refractivity contribution in [2.45, 2.75) is 6.61 Å². The standard InChI is InChI=1S/C6H6N2O3.ClH/c9-3-4-1-2-5(6(10)11)8-7-4;/h1-2,9H,3H2,(H,10,11);1H. The lowest BCUT2D eigenvalue weighted by atomic mass is 10.3. The van der Waals surface area contributed by atoms with Crippen LogP contribution < -0.4 is 0 Å². The third-order valence-corrected chi connectivity index (χ3v) is 1.10. The summed E-state index contributed by atoms with van der Waals surface area (Å²) in [5, 5.41) is 23.7. The molecule has 1 heterocycles. The van der Waals surface area contributed by atoms with Gasteiger partial charge in [-0.25, -0.2) is 4.79 Å². The molecule has 0 unspecified atom stereocenters. The van der Waals surface area contributed by atoms with Gasteiger partial charge in [0.15, 0.2) is 5.69 Å². The largest absolute Gasteiger partial charge is 0.476 e. The normalized spacial score (nSPS) is 8.75. The van der Waals surface area contributed by atoms with Crippen molar-refractivity contribution in [2.75, 3.05) is 0 Å². The van der Waals surface area contributed by atoms with E-state index in [-0.39, 0.29) is 24.7 Å². The molecule has 0 aromatic carbocycles. The highest BCUT2D eigenvalue weighted by atomic mass is 35.5. The number of carboxylic acids is 1. The van der Waals surface area contributed by atoms with Crippen molar-refractivity contribution in [1.29, 1.82) is 0 Å². The lowest BCUT2D eigenvalue weighted by Gasteiger charge is -1.93. The molecular formula is C6H7ClN2O3. The van der Waals surface area contributed by atoms with Gasteiger partial charge in [0, 0.05) is 0 Å². The predicted molar refractivity (Wildman–Crippen MR) is 42.2 cm³/mol. The molecule has 6 heteroatoms. The fraction of sp³-hybridized carbons (Fsp3) is 0.167. The molecule has 0 aliphatic rings. The number of hydrogen-bond acceptors (Lipinski definition) is 4. The zero-order chi connectivity index (χ0) is 8.27. The summed E-state index contributed by atoms with van der Waals surface area (Å²) in [6, 6.07) is 2.71. The van der Waals surface area contributed by atoms with E-state index in [1.165, 1.54) is 12.1 Å². The first-order valence-electron chi connectivity index (χ1n) is 2.91. The summed E-state index contributed by atoms with van der Waals surface area (Å²) in [5.74, 6) is -1.12. The molecule has 0 spiro atoms. The van der Waals surface area contributed by atoms with Crippen LogP contribution in [0.25, 0.3) is 0 Å². The van der Waals surface area contributed by atoms with Crippen LogP contribution in [0.15, 0.2) is 12.1 Å². The first-order valence-corrected chi connectivity index (χ1v) is 2.91. The molecule has 2 N–H and O–H groups in total. The Kier molecular flexibility index (Phi) is 4.17. The number of aromatic carboxylic acids is 1. The second kappa shape index (κ2) is 4.63. The smallest absolute Gasteiger partial charge is 0.356 e. The molecule has 1 aromatic rings. The Morgan fingerprint density at radius 1 is 1.42 bits per heavy atom. The Hall–Kier alpha value is -1.20. The van der Waals surface area contributed by atoms with Gasteiger partial charge in [-0.1, -0.05) is 0 Å². The van der Waals surface area contributed by atoms with Gasteiger partial charge in [-0.05, 0) is 12.1 Å². The fourth-order valence-electron chi connectivity index (χ4n) is 0.558. The Labute approximate surface area is 74.5 Å². The highest BCUT2D eigenvalue weighted by Crippen LogP contribution is 1.95. The number of halogens is 1. The fourth-order valence-corrected chi connectivity index (χ4v) is 0.558. The van der Waals surface area contributed by atoms with E-state index in [2.05, 4.69) is 10.2 Å². The van der Waals surface area contributed by atoms with Gasteiger partial charge < -0.3 is 10.2 Å². The van der Waals surface area contributed by atoms with Crippen LogP contribution in [0.4, 0.5) is 0 Å². The van der Waals surface area contributed by atoms with Gasteiger partial charge in [-0.15, -0.1) is 17.5 Å². The molecule has 66 valence electrons. The molecule has 0 saturated heterocycles. The van der Waals surface area contributed by atoms with Crippen LogP contribution in [-0.4, -0.2) is 26.4 Å². The molecule has 0 aliphatic heterocycles. The van der Waals surface area contributed by atoms with Crippen molar-refractivity contribution in [3.8, 4) is 0 Å². The average Bonchev–Trinajstić information content (AvgIpc) is 2.05. The Balaban J connectivity index is 0.00000121. The van der Waals surface area contributed by atoms with E-state index in [9.17, 15) is 4.79 Å². The summed E-state index contributed by atoms with van der Waals surface area (Å²) in [4.78, 5) is 10.2. The second-order valence-corrected chi connectivity index (χ2v) is 1.87. The summed E-state index contributed by atoms with van der Waals surface area (Å²) >= 11 is 0. The maximum absolute atomic E-state index is 10.2. The number of rotatable bonds is 2. The third-order valence-electron chi connectivity index (χ3n) is 1.10. The summed E-state index contributed by atoms with van der Waals surface area (Å²) in [5.41, 5.74) is 0.234. The van der Waals surface area contributed by atoms with Crippen LogP contribution >= 0.6 is 12.4 Å². The summed E-state index contributed by atoms with van der Waals surface area (Å²) < 4.78 is 0. The van der Waals surface area contributed by atoms with Crippen LogP contribution in [0.2, 0.25) is 0 Å². The molecule has 5 nitrogen and oxygen atoms in total. The molecule has 0 fully saturated rings. The molecule has 12 heavy (non-hydrogen) atoms. The molecular weight excluding hydrogens is 184 g/mol. The molecule has 0 radical (unpaired) electrons. The van der Waals surface area contributed by atoms with Gasteiger partial charge in [-0.3, -0.25) is 0 Å². The minimum Gasteiger partial charge on any atom is -0.476 e. The maximum atomic E-state index is 10.2. The second-order valence-electron chi connectivity index (χ2n) is 1.87. The molecule has 0 aliphatic carbocycles. The van der Waals surface area contributed by atoms with E-state index in [0.29, 0.717) is 5.69 Å². The lowest BCUT2D eigenvalue weighted by Crippen LogP contribution is -2.03. The van der Waals surface area contributed by atoms with Gasteiger partial charge in [-0.2, -0.15) is 5.10 Å². The van der Waals surface area contributed by atoms with Crippen LogP contribution in [0.5, 0.6) is 0 Å². The maximum Gasteiger partial charge on any atom is 0.356 e. The van der Waals surface area contributed by atoms with Crippen molar-refractivity contribution in [3.63, 3.8) is 0 Å². The van der Waals surface area contributed by atoms with Crippen LogP contribution in [0.1, 0.15) is 16.2 Å². The van der Waals surface area contributed by atoms with Crippen molar-refractivity contribution in [3.05, 3.63) is 23.5 Å². The zero-order valence-electron chi connectivity index (χ0n) is 5.97. The molecule has 0 saturated carbocycles. The Morgan fingerprint density at radius 3 is 2.42 bits per heavy atom. The van der Waals surface area contributed by atoms with Crippen molar-refractivity contribution in [1.82, 2.24) is 10.2 Å². The van der Waals surface area contributed by atoms with E-state index in [1.807, 2.05) is 0 Å². The molecule has 0 atom stereocenters. The van der Waals surface area contributed by atoms with E-state index in [1.54, 1.807) is 0 Å². The monoisotopic (exact) mass is 190 g/mol. The summed E-state index contributed by atoms with van der Waals surface area (Å²) in [6.45, 7) is -0.229. The lowest BCUT2D eigenvalue weighted by molar-refractivity contribution is 0.0689. The average molecular weight is 191 g/mol. The Bertz CT molecular complexity index is 262. The van der Waals surface area contributed by atoms with Gasteiger partial charge in [0.2, 0.25) is 0 Å². The van der Waals surface area contributed by atoms with E-state index in [0.717, 1.165) is 0 Å². The van der Waals surface area contributed by atoms with Crippen molar-refractivity contribution < 1.29 is 15.0 Å². The van der Waals surface area contributed by atoms with Gasteiger partial charge in [0.1, 0.15) is 0 Å². The first kappa shape index (κ1) is 10.8. The number of nitrogens with zero attached hydrogens (tertiary/aromatic N) is 2. The van der Waals surface area contributed by atoms with Gasteiger partial charge in [0.05, 0.1) is 12.3 Å². The van der Waals surface area contributed by atoms with Crippen molar-refractivity contribution >= 4 is 18.4 Å². The number of aliphatic hydroxyl groups is 1. The minimum atomic E-state index is -1.12. The molecule has 1 aromatic heterocycles. The molecule has 0 bridgehead atoms. The van der Waals surface area contributed by atoms with E-state index < -0.39 is 5.97 Å². The van der Waals surface area contributed by atoms with Crippen LogP contribution in [0, 0.1) is 0 Å². The highest BCUT2D eigenvalue weighted by Gasteiger charge is 2.03. The number of aromatic nitrogens is 2. The molecule has 0 amide bonds. The predicted octanol–water partition coefficient (Wildman–Crippen LogP) is 0.0889. The van der Waals surface area contributed by atoms with E-state index >= 15 is 0 Å².